The van der Waals surface area contributed by atoms with Gasteiger partial charge in [0.05, 0.1) is 0 Å². The van der Waals surface area contributed by atoms with E-state index in [0.717, 1.165) is 18.5 Å². The van der Waals surface area contributed by atoms with Crippen LogP contribution < -0.4 is 5.73 Å². The summed E-state index contributed by atoms with van der Waals surface area (Å²) in [4.78, 5) is 5.38. The zero-order valence-electron chi connectivity index (χ0n) is 11.4. The van der Waals surface area contributed by atoms with E-state index in [0.29, 0.717) is 0 Å². The highest BCUT2D eigenvalue weighted by Gasteiger charge is 2.29. The maximum Gasteiger partial charge on any atom is 0.0235 e. The van der Waals surface area contributed by atoms with E-state index in [1.807, 2.05) is 0 Å². The van der Waals surface area contributed by atoms with Crippen molar-refractivity contribution in [3.05, 3.63) is 0 Å². The summed E-state index contributed by atoms with van der Waals surface area (Å²) in [5.74, 6) is 0.816. The number of nitrogens with two attached hydrogens (primary N) is 1. The van der Waals surface area contributed by atoms with Gasteiger partial charge in [-0.2, -0.15) is 0 Å². The summed E-state index contributed by atoms with van der Waals surface area (Å²) in [6.07, 6.45) is 6.71. The molecule has 2 aliphatic rings. The van der Waals surface area contributed by atoms with Gasteiger partial charge < -0.3 is 10.6 Å². The van der Waals surface area contributed by atoms with Crippen molar-refractivity contribution in [2.75, 3.05) is 39.3 Å². The Hall–Kier alpha value is -0.120. The fraction of sp³-hybridized carbons (Fsp3) is 1.00. The average Bonchev–Trinajstić information content (AvgIpc) is 2.95. The standard InChI is InChI=1S/C14H29N3/c1-13(5-4-7-15)11-16-10-6-14(12-16)17-8-2-3-9-17/h13-14H,2-12,15H2,1H3. The molecule has 2 fully saturated rings. The van der Waals surface area contributed by atoms with Crippen LogP contribution in [0.25, 0.3) is 0 Å². The molecule has 2 unspecified atom stereocenters. The van der Waals surface area contributed by atoms with E-state index in [1.165, 1.54) is 64.8 Å². The first kappa shape index (κ1) is 13.3. The van der Waals surface area contributed by atoms with Crippen LogP contribution >= 0.6 is 0 Å². The van der Waals surface area contributed by atoms with E-state index in [9.17, 15) is 0 Å². The van der Waals surface area contributed by atoms with Gasteiger partial charge in [0.1, 0.15) is 0 Å². The Morgan fingerprint density at radius 3 is 2.71 bits per heavy atom. The minimum absolute atomic E-state index is 0.816. The van der Waals surface area contributed by atoms with Crippen LogP contribution in [0.15, 0.2) is 0 Å². The summed E-state index contributed by atoms with van der Waals surface area (Å²) < 4.78 is 0. The van der Waals surface area contributed by atoms with Gasteiger partial charge in [-0.05, 0) is 64.2 Å². The predicted octanol–water partition coefficient (Wildman–Crippen LogP) is 1.53. The molecule has 0 spiro atoms. The molecular formula is C14H29N3. The van der Waals surface area contributed by atoms with E-state index in [4.69, 9.17) is 5.73 Å². The van der Waals surface area contributed by atoms with E-state index in [-0.39, 0.29) is 0 Å². The zero-order valence-corrected chi connectivity index (χ0v) is 11.4. The van der Waals surface area contributed by atoms with Crippen LogP contribution in [0.2, 0.25) is 0 Å². The molecule has 2 heterocycles. The van der Waals surface area contributed by atoms with Crippen molar-refractivity contribution in [1.82, 2.24) is 9.80 Å². The highest BCUT2D eigenvalue weighted by atomic mass is 15.3. The van der Waals surface area contributed by atoms with Gasteiger partial charge in [0.25, 0.3) is 0 Å². The monoisotopic (exact) mass is 239 g/mol. The van der Waals surface area contributed by atoms with Crippen molar-refractivity contribution in [3.63, 3.8) is 0 Å². The number of rotatable bonds is 6. The summed E-state index contributed by atoms with van der Waals surface area (Å²) >= 11 is 0. The molecule has 2 rings (SSSR count). The van der Waals surface area contributed by atoms with Gasteiger partial charge in [0.2, 0.25) is 0 Å². The molecular weight excluding hydrogens is 210 g/mol. The molecule has 100 valence electrons. The third kappa shape index (κ3) is 3.94. The predicted molar refractivity (Wildman–Crippen MR) is 73.1 cm³/mol. The Labute approximate surface area is 106 Å². The molecule has 0 aromatic rings. The van der Waals surface area contributed by atoms with Crippen LogP contribution in [0.5, 0.6) is 0 Å². The highest BCUT2D eigenvalue weighted by Crippen LogP contribution is 2.21. The van der Waals surface area contributed by atoms with Crippen LogP contribution in [0.1, 0.15) is 39.0 Å². The van der Waals surface area contributed by atoms with Crippen LogP contribution in [0.3, 0.4) is 0 Å². The Morgan fingerprint density at radius 2 is 2.00 bits per heavy atom. The Bertz CT molecular complexity index is 214. The maximum atomic E-state index is 5.57. The van der Waals surface area contributed by atoms with Crippen molar-refractivity contribution in [2.45, 2.75) is 45.1 Å². The Morgan fingerprint density at radius 1 is 1.24 bits per heavy atom. The van der Waals surface area contributed by atoms with E-state index in [2.05, 4.69) is 16.7 Å². The van der Waals surface area contributed by atoms with Crippen LogP contribution in [0.4, 0.5) is 0 Å². The average molecular weight is 239 g/mol. The minimum atomic E-state index is 0.816. The molecule has 0 aromatic heterocycles. The van der Waals surface area contributed by atoms with Gasteiger partial charge >= 0.3 is 0 Å². The van der Waals surface area contributed by atoms with Gasteiger partial charge in [-0.15, -0.1) is 0 Å². The van der Waals surface area contributed by atoms with Crippen molar-refractivity contribution >= 4 is 0 Å². The molecule has 2 saturated heterocycles. The molecule has 17 heavy (non-hydrogen) atoms. The second-order valence-electron chi connectivity index (χ2n) is 5.98. The lowest BCUT2D eigenvalue weighted by Gasteiger charge is -2.25. The number of hydrogen-bond acceptors (Lipinski definition) is 3. The SMILES string of the molecule is CC(CCCN)CN1CCC(N2CCCC2)C1. The Balaban J connectivity index is 1.66. The largest absolute Gasteiger partial charge is 0.330 e. The molecule has 0 aliphatic carbocycles. The summed E-state index contributed by atoms with van der Waals surface area (Å²) in [5.41, 5.74) is 5.57. The molecule has 0 bridgehead atoms. The lowest BCUT2D eigenvalue weighted by Crippen LogP contribution is -2.36. The molecule has 3 heteroatoms. The summed E-state index contributed by atoms with van der Waals surface area (Å²) in [7, 11) is 0. The van der Waals surface area contributed by atoms with Crippen LogP contribution in [-0.4, -0.2) is 55.1 Å². The summed E-state index contributed by atoms with van der Waals surface area (Å²) in [5, 5.41) is 0. The molecule has 2 aliphatic heterocycles. The first-order valence-electron chi connectivity index (χ1n) is 7.46. The quantitative estimate of drug-likeness (QED) is 0.763. The molecule has 2 N–H and O–H groups in total. The molecule has 2 atom stereocenters. The van der Waals surface area contributed by atoms with Gasteiger partial charge in [-0.25, -0.2) is 0 Å². The Kier molecular flexibility index (Phi) is 5.26. The lowest BCUT2D eigenvalue weighted by atomic mass is 10.1. The lowest BCUT2D eigenvalue weighted by molar-refractivity contribution is 0.218. The van der Waals surface area contributed by atoms with E-state index in [1.54, 1.807) is 0 Å². The molecule has 3 nitrogen and oxygen atoms in total. The zero-order chi connectivity index (χ0) is 12.1. The smallest absolute Gasteiger partial charge is 0.0235 e. The van der Waals surface area contributed by atoms with Crippen molar-refractivity contribution in [3.8, 4) is 0 Å². The van der Waals surface area contributed by atoms with Gasteiger partial charge in [0.15, 0.2) is 0 Å². The van der Waals surface area contributed by atoms with Crippen molar-refractivity contribution in [2.24, 2.45) is 11.7 Å². The van der Waals surface area contributed by atoms with Gasteiger partial charge in [0, 0.05) is 19.1 Å². The molecule has 0 radical (unpaired) electrons. The van der Waals surface area contributed by atoms with Crippen LogP contribution in [-0.2, 0) is 0 Å². The fourth-order valence-electron chi connectivity index (χ4n) is 3.38. The highest BCUT2D eigenvalue weighted by molar-refractivity contribution is 4.86. The third-order valence-corrected chi connectivity index (χ3v) is 4.38. The first-order chi connectivity index (χ1) is 8.29. The normalized spacial score (nSPS) is 28.9. The second kappa shape index (κ2) is 6.72. The minimum Gasteiger partial charge on any atom is -0.330 e. The van der Waals surface area contributed by atoms with Crippen molar-refractivity contribution in [1.29, 1.82) is 0 Å². The number of nitrogens with zero attached hydrogens (tertiary/aromatic N) is 2. The molecule has 0 saturated carbocycles. The van der Waals surface area contributed by atoms with Crippen LogP contribution in [0, 0.1) is 5.92 Å². The first-order valence-corrected chi connectivity index (χ1v) is 7.46. The number of hydrogen-bond donors (Lipinski definition) is 1. The summed E-state index contributed by atoms with van der Waals surface area (Å²) in [6, 6.07) is 0.860. The van der Waals surface area contributed by atoms with Gasteiger partial charge in [-0.1, -0.05) is 6.92 Å². The second-order valence-corrected chi connectivity index (χ2v) is 5.98. The number of likely N-dealkylation sites (tertiary alicyclic amines) is 2. The maximum absolute atomic E-state index is 5.57. The van der Waals surface area contributed by atoms with Gasteiger partial charge in [-0.3, -0.25) is 4.90 Å². The molecule has 0 amide bonds. The molecule has 0 aromatic carbocycles. The topological polar surface area (TPSA) is 32.5 Å². The van der Waals surface area contributed by atoms with E-state index >= 15 is 0 Å². The van der Waals surface area contributed by atoms with Crippen molar-refractivity contribution < 1.29 is 0 Å². The fourth-order valence-corrected chi connectivity index (χ4v) is 3.38. The van der Waals surface area contributed by atoms with E-state index < -0.39 is 0 Å². The third-order valence-electron chi connectivity index (χ3n) is 4.38. The summed E-state index contributed by atoms with van der Waals surface area (Å²) in [6.45, 7) is 9.83.